The van der Waals surface area contributed by atoms with Crippen LogP contribution in [0.5, 0.6) is 0 Å². The van der Waals surface area contributed by atoms with Crippen LogP contribution in [0, 0.1) is 6.92 Å². The van der Waals surface area contributed by atoms with E-state index in [1.165, 1.54) is 13.0 Å². The van der Waals surface area contributed by atoms with Crippen LogP contribution >= 0.6 is 0 Å². The zero-order valence-electron chi connectivity index (χ0n) is 8.63. The van der Waals surface area contributed by atoms with E-state index in [-0.39, 0.29) is 0 Å². The summed E-state index contributed by atoms with van der Waals surface area (Å²) in [5.74, 6) is -6.38. The Kier molecular flexibility index (Phi) is 3.32. The first-order valence-electron chi connectivity index (χ1n) is 4.37. The molecular formula is C10H7NO6. The average Bonchev–Trinajstić information content (AvgIpc) is 2.26. The Morgan fingerprint density at radius 2 is 1.53 bits per heavy atom. The molecule has 0 aliphatic rings. The van der Waals surface area contributed by atoms with Crippen molar-refractivity contribution in [3.63, 3.8) is 0 Å². The Morgan fingerprint density at radius 1 is 1.00 bits per heavy atom. The predicted octanol–water partition coefficient (Wildman–Crippen LogP) is -0.0754. The number of aliphatic carboxylic acids is 2. The third-order valence-corrected chi connectivity index (χ3v) is 1.88. The lowest BCUT2D eigenvalue weighted by Gasteiger charge is -2.03. The van der Waals surface area contributed by atoms with Gasteiger partial charge in [0.1, 0.15) is 5.69 Å². The van der Waals surface area contributed by atoms with Crippen molar-refractivity contribution < 1.29 is 29.4 Å². The second kappa shape index (κ2) is 4.52. The van der Waals surface area contributed by atoms with Gasteiger partial charge in [0.2, 0.25) is 0 Å². The van der Waals surface area contributed by atoms with Crippen molar-refractivity contribution in [1.29, 1.82) is 0 Å². The third-order valence-electron chi connectivity index (χ3n) is 1.88. The Morgan fingerprint density at radius 3 is 2.00 bits per heavy atom. The molecule has 0 aliphatic carbocycles. The molecule has 88 valence electrons. The molecule has 0 bridgehead atoms. The van der Waals surface area contributed by atoms with Gasteiger partial charge in [0, 0.05) is 5.69 Å². The van der Waals surface area contributed by atoms with E-state index in [1.54, 1.807) is 0 Å². The van der Waals surface area contributed by atoms with Gasteiger partial charge in [0.05, 0.1) is 5.56 Å². The summed E-state index contributed by atoms with van der Waals surface area (Å²) in [4.78, 5) is 47.0. The Bertz CT molecular complexity index is 534. The standard InChI is InChI=1S/C10H7NO6/c1-4-2-3-5(7(12)9(14)15)6(11-4)8(13)10(16)17/h2-3H,1H3,(H,14,15)(H,16,17). The Balaban J connectivity index is 3.41. The Hall–Kier alpha value is -2.57. The molecular weight excluding hydrogens is 230 g/mol. The second-order valence-corrected chi connectivity index (χ2v) is 3.12. The van der Waals surface area contributed by atoms with E-state index in [0.717, 1.165) is 6.07 Å². The van der Waals surface area contributed by atoms with Crippen molar-refractivity contribution in [3.8, 4) is 0 Å². The van der Waals surface area contributed by atoms with Gasteiger partial charge in [-0.15, -0.1) is 0 Å². The van der Waals surface area contributed by atoms with Gasteiger partial charge in [-0.1, -0.05) is 0 Å². The van der Waals surface area contributed by atoms with E-state index >= 15 is 0 Å². The highest BCUT2D eigenvalue weighted by atomic mass is 16.4. The van der Waals surface area contributed by atoms with Crippen molar-refractivity contribution in [1.82, 2.24) is 4.98 Å². The lowest BCUT2D eigenvalue weighted by Crippen LogP contribution is -2.22. The first-order chi connectivity index (χ1) is 7.84. The minimum Gasteiger partial charge on any atom is -0.475 e. The Labute approximate surface area is 94.7 Å². The molecule has 0 fully saturated rings. The number of hydrogen-bond donors (Lipinski definition) is 2. The molecule has 0 atom stereocenters. The van der Waals surface area contributed by atoms with Gasteiger partial charge < -0.3 is 10.2 Å². The molecule has 1 aromatic heterocycles. The van der Waals surface area contributed by atoms with Crippen LogP contribution in [0.1, 0.15) is 26.5 Å². The second-order valence-electron chi connectivity index (χ2n) is 3.12. The number of aromatic nitrogens is 1. The lowest BCUT2D eigenvalue weighted by atomic mass is 10.1. The number of pyridine rings is 1. The molecule has 0 saturated heterocycles. The number of ketones is 2. The molecule has 2 N–H and O–H groups in total. The number of rotatable bonds is 4. The van der Waals surface area contributed by atoms with Crippen LogP contribution in [-0.4, -0.2) is 38.7 Å². The molecule has 0 aliphatic heterocycles. The number of nitrogens with zero attached hydrogens (tertiary/aromatic N) is 1. The van der Waals surface area contributed by atoms with Gasteiger partial charge in [-0.3, -0.25) is 9.59 Å². The van der Waals surface area contributed by atoms with Crippen LogP contribution in [0.3, 0.4) is 0 Å². The molecule has 0 spiro atoms. The molecule has 1 heterocycles. The van der Waals surface area contributed by atoms with Crippen LogP contribution in [0.15, 0.2) is 12.1 Å². The van der Waals surface area contributed by atoms with Gasteiger partial charge in [-0.2, -0.15) is 0 Å². The zero-order valence-corrected chi connectivity index (χ0v) is 8.63. The van der Waals surface area contributed by atoms with Crippen LogP contribution in [0.2, 0.25) is 0 Å². The van der Waals surface area contributed by atoms with Gasteiger partial charge in [-0.25, -0.2) is 14.6 Å². The van der Waals surface area contributed by atoms with E-state index < -0.39 is 34.8 Å². The summed E-state index contributed by atoms with van der Waals surface area (Å²) in [5.41, 5.74) is -0.892. The molecule has 0 aromatic carbocycles. The maximum Gasteiger partial charge on any atom is 0.378 e. The van der Waals surface area contributed by atoms with Crippen LogP contribution in [0.4, 0.5) is 0 Å². The summed E-state index contributed by atoms with van der Waals surface area (Å²) in [6.45, 7) is 1.48. The molecule has 1 aromatic rings. The highest BCUT2D eigenvalue weighted by Crippen LogP contribution is 2.10. The number of Topliss-reactive ketones (excluding diaryl/α,β-unsaturated/α-hetero) is 2. The fraction of sp³-hybridized carbons (Fsp3) is 0.100. The topological polar surface area (TPSA) is 122 Å². The quantitative estimate of drug-likeness (QED) is 0.554. The molecule has 7 nitrogen and oxygen atoms in total. The summed E-state index contributed by atoms with van der Waals surface area (Å²) in [5, 5.41) is 17.0. The van der Waals surface area contributed by atoms with Crippen LogP contribution in [-0.2, 0) is 9.59 Å². The lowest BCUT2D eigenvalue weighted by molar-refractivity contribution is -0.132. The molecule has 1 rings (SSSR count). The molecule has 0 radical (unpaired) electrons. The third kappa shape index (κ3) is 2.51. The zero-order chi connectivity index (χ0) is 13.2. The fourth-order valence-electron chi connectivity index (χ4n) is 1.13. The molecule has 17 heavy (non-hydrogen) atoms. The van der Waals surface area contributed by atoms with Crippen molar-refractivity contribution >= 4 is 23.5 Å². The summed E-state index contributed by atoms with van der Waals surface area (Å²) in [6, 6.07) is 2.38. The number of carboxylic acids is 2. The number of carboxylic acid groups (broad SMARTS) is 2. The number of hydrogen-bond acceptors (Lipinski definition) is 5. The molecule has 7 heteroatoms. The van der Waals surface area contributed by atoms with Gasteiger partial charge >= 0.3 is 11.9 Å². The SMILES string of the molecule is Cc1ccc(C(=O)C(=O)O)c(C(=O)C(=O)O)n1. The summed E-state index contributed by atoms with van der Waals surface area (Å²) >= 11 is 0. The minimum atomic E-state index is -1.80. The molecule has 0 unspecified atom stereocenters. The monoisotopic (exact) mass is 237 g/mol. The predicted molar refractivity (Wildman–Crippen MR) is 52.9 cm³/mol. The van der Waals surface area contributed by atoms with E-state index in [0.29, 0.717) is 5.69 Å². The highest BCUT2D eigenvalue weighted by Gasteiger charge is 2.27. The fourth-order valence-corrected chi connectivity index (χ4v) is 1.13. The van der Waals surface area contributed by atoms with E-state index in [9.17, 15) is 19.2 Å². The van der Waals surface area contributed by atoms with Crippen LogP contribution < -0.4 is 0 Å². The minimum absolute atomic E-state index is 0.302. The summed E-state index contributed by atoms with van der Waals surface area (Å²) < 4.78 is 0. The normalized spacial score (nSPS) is 9.71. The smallest absolute Gasteiger partial charge is 0.378 e. The van der Waals surface area contributed by atoms with Gasteiger partial charge in [-0.05, 0) is 19.1 Å². The molecule has 0 saturated carbocycles. The average molecular weight is 237 g/mol. The number of carbonyl (C=O) groups is 4. The first-order valence-corrected chi connectivity index (χ1v) is 4.37. The van der Waals surface area contributed by atoms with Crippen molar-refractivity contribution in [2.24, 2.45) is 0 Å². The maximum atomic E-state index is 11.2. The largest absolute Gasteiger partial charge is 0.475 e. The maximum absolute atomic E-state index is 11.2. The highest BCUT2D eigenvalue weighted by molar-refractivity contribution is 6.46. The van der Waals surface area contributed by atoms with Crippen LogP contribution in [0.25, 0.3) is 0 Å². The number of aryl methyl sites for hydroxylation is 1. The van der Waals surface area contributed by atoms with E-state index in [4.69, 9.17) is 10.2 Å². The van der Waals surface area contributed by atoms with E-state index in [2.05, 4.69) is 4.98 Å². The van der Waals surface area contributed by atoms with Crippen molar-refractivity contribution in [2.75, 3.05) is 0 Å². The van der Waals surface area contributed by atoms with Gasteiger partial charge in [0.15, 0.2) is 0 Å². The summed E-state index contributed by atoms with van der Waals surface area (Å²) in [6.07, 6.45) is 0. The summed E-state index contributed by atoms with van der Waals surface area (Å²) in [7, 11) is 0. The molecule has 0 amide bonds. The first kappa shape index (κ1) is 12.5. The van der Waals surface area contributed by atoms with Crippen molar-refractivity contribution in [3.05, 3.63) is 29.1 Å². The van der Waals surface area contributed by atoms with Gasteiger partial charge in [0.25, 0.3) is 11.6 Å². The van der Waals surface area contributed by atoms with Crippen molar-refractivity contribution in [2.45, 2.75) is 6.92 Å². The van der Waals surface area contributed by atoms with E-state index in [1.807, 2.05) is 0 Å². The number of carbonyl (C=O) groups excluding carboxylic acids is 2.